The molecule has 0 aromatic heterocycles. The summed E-state index contributed by atoms with van der Waals surface area (Å²) in [6.07, 6.45) is 2.19. The molecular weight excluding hydrogens is 314 g/mol. The Morgan fingerprint density at radius 3 is 2.39 bits per heavy atom. The lowest BCUT2D eigenvalue weighted by Gasteiger charge is -2.26. The fraction of sp³-hybridized carbons (Fsp3) is 0.529. The summed E-state index contributed by atoms with van der Waals surface area (Å²) in [5, 5.41) is 6.21. The summed E-state index contributed by atoms with van der Waals surface area (Å²) in [4.78, 5) is 26.3. The number of amides is 2. The zero-order chi connectivity index (χ0) is 15.9. The van der Waals surface area contributed by atoms with E-state index in [1.807, 2.05) is 30.3 Å². The van der Waals surface area contributed by atoms with Gasteiger partial charge in [0.15, 0.2) is 0 Å². The highest BCUT2D eigenvalue weighted by Gasteiger charge is 2.27. The highest BCUT2D eigenvalue weighted by molar-refractivity contribution is 5.88. The molecule has 6 heteroatoms. The van der Waals surface area contributed by atoms with E-state index < -0.39 is 6.04 Å². The van der Waals surface area contributed by atoms with Crippen LogP contribution in [0.5, 0.6) is 0 Å². The minimum Gasteiger partial charge on any atom is -0.347 e. The Balaban J connectivity index is 0.00000264. The number of nitrogens with one attached hydrogen (secondary N) is 2. The van der Waals surface area contributed by atoms with Crippen LogP contribution in [0, 0.1) is 5.92 Å². The minimum atomic E-state index is -0.500. The van der Waals surface area contributed by atoms with Crippen LogP contribution in [0.2, 0.25) is 0 Å². The minimum absolute atomic E-state index is 0. The standard InChI is InChI=1S/C17H25N3O2.ClH/c1-20(2)17(22)15(12-13-6-4-3-5-7-13)19-16(21)14-8-10-18-11-9-14;/h3-7,14-15,18H,8-12H2,1-2H3,(H,19,21);1H. The number of piperidine rings is 1. The van der Waals surface area contributed by atoms with Gasteiger partial charge >= 0.3 is 0 Å². The SMILES string of the molecule is CN(C)C(=O)C(Cc1ccccc1)NC(=O)C1CCNCC1.Cl. The molecule has 2 N–H and O–H groups in total. The Morgan fingerprint density at radius 1 is 1.22 bits per heavy atom. The lowest BCUT2D eigenvalue weighted by atomic mass is 9.96. The van der Waals surface area contributed by atoms with Crippen molar-refractivity contribution < 1.29 is 9.59 Å². The van der Waals surface area contributed by atoms with E-state index in [9.17, 15) is 9.59 Å². The Labute approximate surface area is 144 Å². The lowest BCUT2D eigenvalue weighted by molar-refractivity contribution is -0.135. The Kier molecular flexibility index (Phi) is 8.06. The number of halogens is 1. The van der Waals surface area contributed by atoms with E-state index in [1.54, 1.807) is 14.1 Å². The maximum absolute atomic E-state index is 12.4. The molecule has 23 heavy (non-hydrogen) atoms. The molecule has 0 aliphatic carbocycles. The molecule has 1 aliphatic heterocycles. The average molecular weight is 340 g/mol. The van der Waals surface area contributed by atoms with Crippen molar-refractivity contribution in [1.82, 2.24) is 15.5 Å². The molecule has 1 saturated heterocycles. The molecule has 1 fully saturated rings. The monoisotopic (exact) mass is 339 g/mol. The number of rotatable bonds is 5. The van der Waals surface area contributed by atoms with Gasteiger partial charge < -0.3 is 15.5 Å². The second-order valence-corrected chi connectivity index (χ2v) is 6.01. The first-order valence-corrected chi connectivity index (χ1v) is 7.84. The largest absolute Gasteiger partial charge is 0.347 e. The highest BCUT2D eigenvalue weighted by atomic mass is 35.5. The summed E-state index contributed by atoms with van der Waals surface area (Å²) in [5.41, 5.74) is 1.05. The van der Waals surface area contributed by atoms with Gasteiger partial charge in [0, 0.05) is 26.4 Å². The van der Waals surface area contributed by atoms with Crippen molar-refractivity contribution in [2.45, 2.75) is 25.3 Å². The Hall–Kier alpha value is -1.59. The number of carbonyl (C=O) groups is 2. The van der Waals surface area contributed by atoms with E-state index in [0.29, 0.717) is 6.42 Å². The third kappa shape index (κ3) is 5.84. The first-order chi connectivity index (χ1) is 10.6. The second kappa shape index (κ2) is 9.53. The average Bonchev–Trinajstić information content (AvgIpc) is 2.55. The Morgan fingerprint density at radius 2 is 1.83 bits per heavy atom. The van der Waals surface area contributed by atoms with Gasteiger partial charge in [-0.05, 0) is 31.5 Å². The van der Waals surface area contributed by atoms with Gasteiger partial charge in [0.2, 0.25) is 11.8 Å². The Bertz CT molecular complexity index is 502. The molecular formula is C17H26ClN3O2. The third-order valence-corrected chi connectivity index (χ3v) is 4.05. The predicted molar refractivity (Wildman–Crippen MR) is 93.6 cm³/mol. The normalized spacial score (nSPS) is 16.1. The summed E-state index contributed by atoms with van der Waals surface area (Å²) in [5.74, 6) is -0.0572. The van der Waals surface area contributed by atoms with Crippen LogP contribution in [0.15, 0.2) is 30.3 Å². The number of likely N-dealkylation sites (N-methyl/N-ethyl adjacent to an activating group) is 1. The topological polar surface area (TPSA) is 61.4 Å². The van der Waals surface area contributed by atoms with Crippen LogP contribution in [0.25, 0.3) is 0 Å². The van der Waals surface area contributed by atoms with Gasteiger partial charge in [-0.15, -0.1) is 12.4 Å². The predicted octanol–water partition coefficient (Wildman–Crippen LogP) is 1.22. The number of carbonyl (C=O) groups excluding carboxylic acids is 2. The van der Waals surface area contributed by atoms with Crippen molar-refractivity contribution in [2.75, 3.05) is 27.2 Å². The van der Waals surface area contributed by atoms with Gasteiger partial charge in [0.05, 0.1) is 0 Å². The van der Waals surface area contributed by atoms with Gasteiger partial charge in [-0.1, -0.05) is 30.3 Å². The first-order valence-electron chi connectivity index (χ1n) is 7.84. The van der Waals surface area contributed by atoms with E-state index in [1.165, 1.54) is 4.90 Å². The van der Waals surface area contributed by atoms with E-state index in [-0.39, 0.29) is 30.1 Å². The second-order valence-electron chi connectivity index (χ2n) is 6.01. The van der Waals surface area contributed by atoms with Gasteiger partial charge in [-0.3, -0.25) is 9.59 Å². The van der Waals surface area contributed by atoms with Crippen LogP contribution in [-0.2, 0) is 16.0 Å². The van der Waals surface area contributed by atoms with Crippen molar-refractivity contribution in [2.24, 2.45) is 5.92 Å². The molecule has 2 amide bonds. The summed E-state index contributed by atoms with van der Waals surface area (Å²) in [6.45, 7) is 1.73. The molecule has 1 unspecified atom stereocenters. The molecule has 0 radical (unpaired) electrons. The number of hydrogen-bond donors (Lipinski definition) is 2. The molecule has 1 aliphatic rings. The lowest BCUT2D eigenvalue weighted by Crippen LogP contribution is -2.50. The molecule has 2 rings (SSSR count). The van der Waals surface area contributed by atoms with Gasteiger partial charge in [0.1, 0.15) is 6.04 Å². The van der Waals surface area contributed by atoms with E-state index in [4.69, 9.17) is 0 Å². The summed E-state index contributed by atoms with van der Waals surface area (Å²) in [7, 11) is 3.44. The molecule has 1 heterocycles. The highest BCUT2D eigenvalue weighted by Crippen LogP contribution is 2.13. The quantitative estimate of drug-likeness (QED) is 0.848. The molecule has 5 nitrogen and oxygen atoms in total. The summed E-state index contributed by atoms with van der Waals surface area (Å²) < 4.78 is 0. The molecule has 0 spiro atoms. The van der Waals surface area contributed by atoms with E-state index in [2.05, 4.69) is 10.6 Å². The van der Waals surface area contributed by atoms with Crippen molar-refractivity contribution >= 4 is 24.2 Å². The zero-order valence-electron chi connectivity index (χ0n) is 13.7. The van der Waals surface area contributed by atoms with Crippen LogP contribution in [0.3, 0.4) is 0 Å². The third-order valence-electron chi connectivity index (χ3n) is 4.05. The number of benzene rings is 1. The van der Waals surface area contributed by atoms with Crippen LogP contribution >= 0.6 is 12.4 Å². The maximum atomic E-state index is 12.4. The number of hydrogen-bond acceptors (Lipinski definition) is 3. The van der Waals surface area contributed by atoms with E-state index in [0.717, 1.165) is 31.5 Å². The van der Waals surface area contributed by atoms with Crippen LogP contribution in [-0.4, -0.2) is 49.9 Å². The van der Waals surface area contributed by atoms with Crippen molar-refractivity contribution in [1.29, 1.82) is 0 Å². The fourth-order valence-corrected chi connectivity index (χ4v) is 2.74. The molecule has 1 atom stereocenters. The fourth-order valence-electron chi connectivity index (χ4n) is 2.74. The molecule has 0 bridgehead atoms. The molecule has 0 saturated carbocycles. The molecule has 128 valence electrons. The van der Waals surface area contributed by atoms with Crippen molar-refractivity contribution in [3.05, 3.63) is 35.9 Å². The van der Waals surface area contributed by atoms with Crippen molar-refractivity contribution in [3.8, 4) is 0 Å². The maximum Gasteiger partial charge on any atom is 0.244 e. The van der Waals surface area contributed by atoms with Gasteiger partial charge in [0.25, 0.3) is 0 Å². The number of nitrogens with zero attached hydrogens (tertiary/aromatic N) is 1. The molecule has 1 aromatic carbocycles. The summed E-state index contributed by atoms with van der Waals surface area (Å²) in [6, 6.07) is 9.29. The molecule has 1 aromatic rings. The smallest absolute Gasteiger partial charge is 0.244 e. The van der Waals surface area contributed by atoms with Crippen molar-refractivity contribution in [3.63, 3.8) is 0 Å². The first kappa shape index (κ1) is 19.5. The zero-order valence-corrected chi connectivity index (χ0v) is 14.6. The van der Waals surface area contributed by atoms with Gasteiger partial charge in [-0.2, -0.15) is 0 Å². The van der Waals surface area contributed by atoms with Gasteiger partial charge in [-0.25, -0.2) is 0 Å². The van der Waals surface area contributed by atoms with Crippen LogP contribution < -0.4 is 10.6 Å². The van der Waals surface area contributed by atoms with Crippen LogP contribution in [0.4, 0.5) is 0 Å². The van der Waals surface area contributed by atoms with Crippen LogP contribution in [0.1, 0.15) is 18.4 Å². The summed E-state index contributed by atoms with van der Waals surface area (Å²) >= 11 is 0. The van der Waals surface area contributed by atoms with E-state index >= 15 is 0 Å².